The molecule has 0 spiro atoms. The first kappa shape index (κ1) is 25.6. The maximum atomic E-state index is 13.4. The number of fused-ring (bicyclic) bond motifs is 6. The van der Waals surface area contributed by atoms with Crippen LogP contribution < -0.4 is 4.90 Å². The van der Waals surface area contributed by atoms with Crippen molar-refractivity contribution in [2.45, 2.75) is 19.3 Å². The largest absolute Gasteiger partial charge is 0.454 e. The number of aromatic nitrogens is 1. The SMILES string of the molecule is O=C(COC(=O)c1cc(-c2cccc(N3C(=O)[C@@H]4[C@H]5CC[C@@H](C5)[C@@H]4C3=O)c2)nc2ccccc12)c1ccc(Cl)cc1. The minimum absolute atomic E-state index is 0.106. The predicted octanol–water partition coefficient (Wildman–Crippen LogP) is 6.13. The average molecular weight is 565 g/mol. The first-order chi connectivity index (χ1) is 19.9. The number of carbonyl (C=O) groups is 4. The Labute approximate surface area is 241 Å². The number of Topliss-reactive ketones (excluding diaryl/α,β-unsaturated/α-hetero) is 1. The fourth-order valence-electron chi connectivity index (χ4n) is 6.89. The van der Waals surface area contributed by atoms with Gasteiger partial charge in [0.05, 0.1) is 34.3 Å². The molecular formula is C33H25ClN2O5. The van der Waals surface area contributed by atoms with Crippen molar-refractivity contribution >= 4 is 51.8 Å². The van der Waals surface area contributed by atoms with Gasteiger partial charge in [-0.25, -0.2) is 9.78 Å². The third-order valence-electron chi connectivity index (χ3n) is 8.76. The molecule has 204 valence electrons. The van der Waals surface area contributed by atoms with Gasteiger partial charge in [0.1, 0.15) is 0 Å². The van der Waals surface area contributed by atoms with E-state index in [0.29, 0.717) is 50.3 Å². The highest BCUT2D eigenvalue weighted by Crippen LogP contribution is 2.56. The standard InChI is InChI=1S/C33H25ClN2O5/c34-22-12-10-18(11-13-22)28(37)17-41-33(40)25-16-27(35-26-7-2-1-6-24(25)26)19-4-3-5-23(15-19)36-31(38)29-20-8-9-21(14-20)30(29)32(36)39/h1-7,10-13,15-16,20-21,29-30H,8-9,14,17H2/t20-,21-,29-,30+/m0/s1. The van der Waals surface area contributed by atoms with Gasteiger partial charge >= 0.3 is 5.97 Å². The van der Waals surface area contributed by atoms with Crippen molar-refractivity contribution in [2.24, 2.45) is 23.7 Å². The van der Waals surface area contributed by atoms with Gasteiger partial charge in [0.25, 0.3) is 0 Å². The second kappa shape index (κ2) is 9.93. The number of anilines is 1. The zero-order valence-corrected chi connectivity index (χ0v) is 22.7. The maximum absolute atomic E-state index is 13.4. The summed E-state index contributed by atoms with van der Waals surface area (Å²) >= 11 is 5.90. The Hall–Kier alpha value is -4.36. The van der Waals surface area contributed by atoms with Crippen LogP contribution in [0.15, 0.2) is 78.9 Å². The van der Waals surface area contributed by atoms with Gasteiger partial charge in [-0.3, -0.25) is 19.3 Å². The number of ketones is 1. The number of rotatable bonds is 6. The quantitative estimate of drug-likeness (QED) is 0.159. The second-order valence-electron chi connectivity index (χ2n) is 11.0. The minimum Gasteiger partial charge on any atom is -0.454 e. The molecule has 3 aliphatic rings. The Morgan fingerprint density at radius 1 is 0.878 bits per heavy atom. The Morgan fingerprint density at radius 2 is 1.59 bits per heavy atom. The van der Waals surface area contributed by atoms with E-state index < -0.39 is 12.6 Å². The molecule has 0 N–H and O–H groups in total. The number of hydrogen-bond acceptors (Lipinski definition) is 6. The van der Waals surface area contributed by atoms with Gasteiger partial charge < -0.3 is 4.74 Å². The molecule has 1 aromatic heterocycles. The Bertz CT molecular complexity index is 1720. The Morgan fingerprint density at radius 3 is 2.32 bits per heavy atom. The molecule has 41 heavy (non-hydrogen) atoms. The number of para-hydroxylation sites is 1. The molecule has 2 amide bonds. The van der Waals surface area contributed by atoms with E-state index in [1.807, 2.05) is 12.1 Å². The number of esters is 1. The number of benzene rings is 3. The molecule has 2 heterocycles. The maximum Gasteiger partial charge on any atom is 0.339 e. The molecule has 3 aromatic carbocycles. The number of ether oxygens (including phenoxy) is 1. The number of pyridine rings is 1. The molecule has 3 fully saturated rings. The van der Waals surface area contributed by atoms with Crippen LogP contribution in [0, 0.1) is 23.7 Å². The second-order valence-corrected chi connectivity index (χ2v) is 11.5. The van der Waals surface area contributed by atoms with Crippen molar-refractivity contribution in [1.29, 1.82) is 0 Å². The smallest absolute Gasteiger partial charge is 0.339 e. The van der Waals surface area contributed by atoms with E-state index in [2.05, 4.69) is 0 Å². The van der Waals surface area contributed by atoms with E-state index in [-0.39, 0.29) is 35.0 Å². The van der Waals surface area contributed by atoms with Crippen molar-refractivity contribution in [2.75, 3.05) is 11.5 Å². The van der Waals surface area contributed by atoms with E-state index in [9.17, 15) is 19.2 Å². The van der Waals surface area contributed by atoms with Crippen LogP contribution in [0.1, 0.15) is 40.0 Å². The molecule has 0 unspecified atom stereocenters. The van der Waals surface area contributed by atoms with E-state index in [4.69, 9.17) is 21.3 Å². The van der Waals surface area contributed by atoms with Gasteiger partial charge in [-0.05, 0) is 79.6 Å². The third kappa shape index (κ3) is 4.32. The van der Waals surface area contributed by atoms with Gasteiger partial charge in [0, 0.05) is 21.5 Å². The van der Waals surface area contributed by atoms with Crippen molar-refractivity contribution in [3.8, 4) is 11.3 Å². The summed E-state index contributed by atoms with van der Waals surface area (Å²) in [5.41, 5.74) is 2.88. The topological polar surface area (TPSA) is 93.6 Å². The molecule has 2 aliphatic carbocycles. The summed E-state index contributed by atoms with van der Waals surface area (Å²) in [6.45, 7) is -0.425. The highest BCUT2D eigenvalue weighted by atomic mass is 35.5. The lowest BCUT2D eigenvalue weighted by molar-refractivity contribution is -0.123. The van der Waals surface area contributed by atoms with Gasteiger partial charge in [0.15, 0.2) is 12.4 Å². The van der Waals surface area contributed by atoms with E-state index in [0.717, 1.165) is 19.3 Å². The Balaban J connectivity index is 1.19. The van der Waals surface area contributed by atoms with Crippen LogP contribution in [0.3, 0.4) is 0 Å². The third-order valence-corrected chi connectivity index (χ3v) is 9.02. The fourth-order valence-corrected chi connectivity index (χ4v) is 7.01. The van der Waals surface area contributed by atoms with Crippen molar-refractivity contribution < 1.29 is 23.9 Å². The minimum atomic E-state index is -0.656. The summed E-state index contributed by atoms with van der Waals surface area (Å²) in [5, 5.41) is 1.09. The lowest BCUT2D eigenvalue weighted by Gasteiger charge is -2.19. The molecule has 1 saturated heterocycles. The van der Waals surface area contributed by atoms with Crippen molar-refractivity contribution in [3.05, 3.63) is 95.0 Å². The number of hydrogen-bond donors (Lipinski definition) is 0. The van der Waals surface area contributed by atoms with Crippen LogP contribution >= 0.6 is 11.6 Å². The van der Waals surface area contributed by atoms with Gasteiger partial charge in [-0.1, -0.05) is 41.9 Å². The summed E-state index contributed by atoms with van der Waals surface area (Å²) in [4.78, 5) is 58.7. The van der Waals surface area contributed by atoms with E-state index in [1.54, 1.807) is 66.7 Å². The lowest BCUT2D eigenvalue weighted by atomic mass is 9.81. The fraction of sp³-hybridized carbons (Fsp3) is 0.242. The molecule has 7 rings (SSSR count). The molecule has 4 aromatic rings. The normalized spacial score (nSPS) is 22.8. The number of amides is 2. The molecule has 2 saturated carbocycles. The van der Waals surface area contributed by atoms with E-state index in [1.165, 1.54) is 4.90 Å². The van der Waals surface area contributed by atoms with Crippen LogP contribution in [-0.2, 0) is 14.3 Å². The summed E-state index contributed by atoms with van der Waals surface area (Å²) < 4.78 is 5.43. The Kier molecular flexibility index (Phi) is 6.20. The molecule has 7 nitrogen and oxygen atoms in total. The van der Waals surface area contributed by atoms with Gasteiger partial charge in [-0.15, -0.1) is 0 Å². The monoisotopic (exact) mass is 564 g/mol. The zero-order valence-electron chi connectivity index (χ0n) is 22.0. The number of halogens is 1. The zero-order chi connectivity index (χ0) is 28.2. The highest BCUT2D eigenvalue weighted by molar-refractivity contribution is 6.30. The van der Waals surface area contributed by atoms with Crippen LogP contribution in [0.25, 0.3) is 22.2 Å². The molecule has 8 heteroatoms. The number of carbonyl (C=O) groups excluding carboxylic acids is 4. The first-order valence-corrected chi connectivity index (χ1v) is 14.1. The molecular weight excluding hydrogens is 540 g/mol. The van der Waals surface area contributed by atoms with Crippen molar-refractivity contribution in [1.82, 2.24) is 4.98 Å². The van der Waals surface area contributed by atoms with E-state index >= 15 is 0 Å². The predicted molar refractivity (Wildman–Crippen MR) is 154 cm³/mol. The lowest BCUT2D eigenvalue weighted by Crippen LogP contribution is -2.32. The molecule has 2 bridgehead atoms. The number of imide groups is 1. The first-order valence-electron chi connectivity index (χ1n) is 13.7. The summed E-state index contributed by atoms with van der Waals surface area (Å²) in [5.74, 6) is -1.03. The van der Waals surface area contributed by atoms with Crippen LogP contribution in [-0.4, -0.2) is 35.2 Å². The van der Waals surface area contributed by atoms with Crippen LogP contribution in [0.2, 0.25) is 5.02 Å². The molecule has 1 aliphatic heterocycles. The molecule has 0 radical (unpaired) electrons. The van der Waals surface area contributed by atoms with Gasteiger partial charge in [-0.2, -0.15) is 0 Å². The van der Waals surface area contributed by atoms with Crippen LogP contribution in [0.4, 0.5) is 5.69 Å². The molecule has 4 atom stereocenters. The van der Waals surface area contributed by atoms with Crippen molar-refractivity contribution in [3.63, 3.8) is 0 Å². The number of nitrogens with zero attached hydrogens (tertiary/aromatic N) is 2. The highest BCUT2D eigenvalue weighted by Gasteiger charge is 2.61. The average Bonchev–Trinajstić information content (AvgIpc) is 3.69. The summed E-state index contributed by atoms with van der Waals surface area (Å²) in [6, 6.07) is 22.3. The van der Waals surface area contributed by atoms with Crippen LogP contribution in [0.5, 0.6) is 0 Å². The summed E-state index contributed by atoms with van der Waals surface area (Å²) in [6.07, 6.45) is 3.01. The summed E-state index contributed by atoms with van der Waals surface area (Å²) in [7, 11) is 0. The van der Waals surface area contributed by atoms with Gasteiger partial charge in [0.2, 0.25) is 11.8 Å².